The third-order valence-corrected chi connectivity index (χ3v) is 3.91. The molecule has 0 bridgehead atoms. The van der Waals surface area contributed by atoms with Crippen LogP contribution in [-0.2, 0) is 4.79 Å². The van der Waals surface area contributed by atoms with E-state index in [-0.39, 0.29) is 5.91 Å². The van der Waals surface area contributed by atoms with Crippen LogP contribution in [0.5, 0.6) is 0 Å². The van der Waals surface area contributed by atoms with Crippen LogP contribution in [0.15, 0.2) is 0 Å². The fourth-order valence-electron chi connectivity index (χ4n) is 2.90. The first kappa shape index (κ1) is 11.9. The smallest absolute Gasteiger partial charge is 0.223 e. The molecule has 2 atom stereocenters. The summed E-state index contributed by atoms with van der Waals surface area (Å²) in [6, 6.07) is 0.684. The highest BCUT2D eigenvalue weighted by Crippen LogP contribution is 2.26. The topological polar surface area (TPSA) is 35.6 Å². The van der Waals surface area contributed by atoms with Gasteiger partial charge in [-0.3, -0.25) is 9.69 Å². The molecular weight excluding hydrogens is 202 g/mol. The molecule has 2 heterocycles. The molecule has 0 aromatic carbocycles. The fourth-order valence-corrected chi connectivity index (χ4v) is 2.90. The standard InChI is InChI=1S/C12H23N3O/c1-14(2)12(16)5-7-15-6-3-4-10-8-13-9-11(10)15/h10-11,13H,3-9H2,1-2H3. The quantitative estimate of drug-likeness (QED) is 0.742. The molecule has 2 rings (SSSR count). The van der Waals surface area contributed by atoms with Gasteiger partial charge in [-0.15, -0.1) is 0 Å². The molecule has 2 unspecified atom stereocenters. The predicted octanol–water partition coefficient (Wildman–Crippen LogP) is 0.149. The third-order valence-electron chi connectivity index (χ3n) is 3.91. The highest BCUT2D eigenvalue weighted by atomic mass is 16.2. The Morgan fingerprint density at radius 3 is 3.00 bits per heavy atom. The maximum Gasteiger partial charge on any atom is 0.223 e. The average Bonchev–Trinajstić information content (AvgIpc) is 2.73. The first-order chi connectivity index (χ1) is 7.68. The van der Waals surface area contributed by atoms with Crippen LogP contribution in [0.4, 0.5) is 0 Å². The minimum atomic E-state index is 0.244. The third kappa shape index (κ3) is 2.55. The number of hydrogen-bond donors (Lipinski definition) is 1. The Kier molecular flexibility index (Phi) is 3.82. The van der Waals surface area contributed by atoms with E-state index in [2.05, 4.69) is 10.2 Å². The maximum absolute atomic E-state index is 11.6. The normalized spacial score (nSPS) is 30.1. The van der Waals surface area contributed by atoms with Gasteiger partial charge in [0, 0.05) is 39.6 Å². The molecule has 2 aliphatic heterocycles. The monoisotopic (exact) mass is 225 g/mol. The van der Waals surface area contributed by atoms with Gasteiger partial charge in [0.25, 0.3) is 0 Å². The molecule has 0 aromatic heterocycles. The number of hydrogen-bond acceptors (Lipinski definition) is 3. The van der Waals surface area contributed by atoms with E-state index in [1.165, 1.54) is 25.9 Å². The van der Waals surface area contributed by atoms with E-state index in [9.17, 15) is 4.79 Å². The Labute approximate surface area is 98.0 Å². The predicted molar refractivity (Wildman–Crippen MR) is 64.3 cm³/mol. The zero-order valence-corrected chi connectivity index (χ0v) is 10.4. The number of likely N-dealkylation sites (tertiary alicyclic amines) is 1. The van der Waals surface area contributed by atoms with Gasteiger partial charge in [-0.2, -0.15) is 0 Å². The number of nitrogens with one attached hydrogen (secondary N) is 1. The van der Waals surface area contributed by atoms with E-state index in [1.54, 1.807) is 4.90 Å². The molecule has 2 fully saturated rings. The summed E-state index contributed by atoms with van der Waals surface area (Å²) in [5.41, 5.74) is 0. The second kappa shape index (κ2) is 5.15. The summed E-state index contributed by atoms with van der Waals surface area (Å²) < 4.78 is 0. The van der Waals surface area contributed by atoms with Gasteiger partial charge in [0.05, 0.1) is 0 Å². The van der Waals surface area contributed by atoms with Gasteiger partial charge >= 0.3 is 0 Å². The van der Waals surface area contributed by atoms with Crippen LogP contribution < -0.4 is 5.32 Å². The number of amides is 1. The van der Waals surface area contributed by atoms with Crippen LogP contribution in [0.1, 0.15) is 19.3 Å². The van der Waals surface area contributed by atoms with Gasteiger partial charge in [-0.25, -0.2) is 0 Å². The number of piperidine rings is 1. The van der Waals surface area contributed by atoms with Crippen molar-refractivity contribution in [3.8, 4) is 0 Å². The highest BCUT2D eigenvalue weighted by molar-refractivity contribution is 5.75. The van der Waals surface area contributed by atoms with Crippen LogP contribution in [-0.4, -0.2) is 62.0 Å². The van der Waals surface area contributed by atoms with Gasteiger partial charge in [-0.05, 0) is 31.8 Å². The van der Waals surface area contributed by atoms with Gasteiger partial charge in [0.15, 0.2) is 0 Å². The average molecular weight is 225 g/mol. The number of fused-ring (bicyclic) bond motifs is 1. The molecule has 0 spiro atoms. The van der Waals surface area contributed by atoms with Crippen molar-refractivity contribution in [2.24, 2.45) is 5.92 Å². The van der Waals surface area contributed by atoms with E-state index >= 15 is 0 Å². The van der Waals surface area contributed by atoms with Crippen molar-refractivity contribution in [2.45, 2.75) is 25.3 Å². The van der Waals surface area contributed by atoms with Crippen LogP contribution >= 0.6 is 0 Å². The Balaban J connectivity index is 1.82. The summed E-state index contributed by atoms with van der Waals surface area (Å²) in [5.74, 6) is 1.07. The first-order valence-corrected chi connectivity index (χ1v) is 6.33. The van der Waals surface area contributed by atoms with Gasteiger partial charge in [-0.1, -0.05) is 0 Å². The number of carbonyl (C=O) groups is 1. The summed E-state index contributed by atoms with van der Waals surface area (Å²) >= 11 is 0. The van der Waals surface area contributed by atoms with Crippen LogP contribution in [0.25, 0.3) is 0 Å². The molecule has 0 aromatic rings. The zero-order chi connectivity index (χ0) is 11.5. The highest BCUT2D eigenvalue weighted by Gasteiger charge is 2.34. The van der Waals surface area contributed by atoms with E-state index in [1.807, 2.05) is 14.1 Å². The summed E-state index contributed by atoms with van der Waals surface area (Å²) in [5, 5.41) is 3.47. The molecule has 16 heavy (non-hydrogen) atoms. The molecule has 4 heteroatoms. The molecule has 2 saturated heterocycles. The minimum absolute atomic E-state index is 0.244. The van der Waals surface area contributed by atoms with Crippen molar-refractivity contribution in [1.82, 2.24) is 15.1 Å². The zero-order valence-electron chi connectivity index (χ0n) is 10.4. The minimum Gasteiger partial charge on any atom is -0.349 e. The maximum atomic E-state index is 11.6. The summed E-state index contributed by atoms with van der Waals surface area (Å²) in [4.78, 5) is 15.8. The Bertz CT molecular complexity index is 255. The lowest BCUT2D eigenvalue weighted by molar-refractivity contribution is -0.129. The summed E-state index contributed by atoms with van der Waals surface area (Å²) in [6.45, 7) is 4.38. The van der Waals surface area contributed by atoms with Gasteiger partial charge in [0.1, 0.15) is 0 Å². The molecule has 92 valence electrons. The van der Waals surface area contributed by atoms with Crippen molar-refractivity contribution < 1.29 is 4.79 Å². The Morgan fingerprint density at radius 1 is 1.44 bits per heavy atom. The first-order valence-electron chi connectivity index (χ1n) is 6.33. The number of rotatable bonds is 3. The Hall–Kier alpha value is -0.610. The summed E-state index contributed by atoms with van der Waals surface area (Å²) in [7, 11) is 3.66. The second-order valence-corrected chi connectivity index (χ2v) is 5.20. The van der Waals surface area contributed by atoms with Crippen molar-refractivity contribution in [2.75, 3.05) is 40.3 Å². The molecule has 0 aliphatic carbocycles. The lowest BCUT2D eigenvalue weighted by Gasteiger charge is -2.37. The molecular formula is C12H23N3O. The SMILES string of the molecule is CN(C)C(=O)CCN1CCCC2CNCC21. The van der Waals surface area contributed by atoms with E-state index in [0.717, 1.165) is 19.0 Å². The van der Waals surface area contributed by atoms with Crippen LogP contribution in [0.2, 0.25) is 0 Å². The van der Waals surface area contributed by atoms with Crippen molar-refractivity contribution in [1.29, 1.82) is 0 Å². The van der Waals surface area contributed by atoms with Crippen LogP contribution in [0, 0.1) is 5.92 Å². The van der Waals surface area contributed by atoms with Crippen molar-refractivity contribution in [3.63, 3.8) is 0 Å². The molecule has 0 saturated carbocycles. The van der Waals surface area contributed by atoms with Crippen molar-refractivity contribution in [3.05, 3.63) is 0 Å². The number of nitrogens with zero attached hydrogens (tertiary/aromatic N) is 2. The largest absolute Gasteiger partial charge is 0.349 e. The van der Waals surface area contributed by atoms with E-state index in [4.69, 9.17) is 0 Å². The fraction of sp³-hybridized carbons (Fsp3) is 0.917. The van der Waals surface area contributed by atoms with E-state index < -0.39 is 0 Å². The molecule has 1 N–H and O–H groups in total. The molecule has 4 nitrogen and oxygen atoms in total. The van der Waals surface area contributed by atoms with Gasteiger partial charge < -0.3 is 10.2 Å². The lowest BCUT2D eigenvalue weighted by Crippen LogP contribution is -2.46. The molecule has 0 radical (unpaired) electrons. The van der Waals surface area contributed by atoms with E-state index in [0.29, 0.717) is 12.5 Å². The van der Waals surface area contributed by atoms with Crippen molar-refractivity contribution >= 4 is 5.91 Å². The lowest BCUT2D eigenvalue weighted by atomic mass is 9.92. The van der Waals surface area contributed by atoms with Crippen LogP contribution in [0.3, 0.4) is 0 Å². The van der Waals surface area contributed by atoms with Gasteiger partial charge in [0.2, 0.25) is 5.91 Å². The number of carbonyl (C=O) groups excluding carboxylic acids is 1. The summed E-state index contributed by atoms with van der Waals surface area (Å²) in [6.07, 6.45) is 3.31. The molecule has 2 aliphatic rings. The second-order valence-electron chi connectivity index (χ2n) is 5.20. The molecule has 1 amide bonds. The Morgan fingerprint density at radius 2 is 2.25 bits per heavy atom.